The highest BCUT2D eigenvalue weighted by Crippen LogP contribution is 2.29. The maximum Gasteiger partial charge on any atom is 0.267 e. The van der Waals surface area contributed by atoms with Crippen molar-refractivity contribution in [2.24, 2.45) is 0 Å². The molecule has 0 radical (unpaired) electrons. The molecule has 3 aromatic rings. The number of nitrogens with zero attached hydrogens (tertiary/aromatic N) is 5. The number of aryl methyl sites for hydroxylation is 1. The van der Waals surface area contributed by atoms with E-state index in [1.165, 1.54) is 18.5 Å². The lowest BCUT2D eigenvalue weighted by Gasteiger charge is -2.36. The fraction of sp³-hybridized carbons (Fsp3) is 0.417. The molecular weight excluding hydrogens is 495 g/mol. The number of piperazine rings is 1. The fourth-order valence-electron chi connectivity index (χ4n) is 4.63. The molecule has 2 fully saturated rings. The highest BCUT2D eigenvalue weighted by molar-refractivity contribution is 7.20. The standard InChI is InChI=1S/C24H24F3N5O3S/c1-15-19-21(28-14-32(22(19)34)12-18(33)31-7-6-24(26,27)13-31)36-20(15)23(35)30-10-8-29(9-11-30)17-4-2-16(25)3-5-17/h2-5,14H,6-13H2,1H3. The number of hydrogen-bond donors (Lipinski definition) is 0. The van der Waals surface area contributed by atoms with Gasteiger partial charge in [0.05, 0.1) is 23.1 Å². The van der Waals surface area contributed by atoms with Crippen LogP contribution in [0.25, 0.3) is 10.2 Å². The first kappa shape index (κ1) is 24.3. The number of hydrogen-bond acceptors (Lipinski definition) is 6. The summed E-state index contributed by atoms with van der Waals surface area (Å²) in [6.07, 6.45) is 0.834. The van der Waals surface area contributed by atoms with Crippen LogP contribution < -0.4 is 10.5 Å². The zero-order valence-corrected chi connectivity index (χ0v) is 20.4. The lowest BCUT2D eigenvalue weighted by Crippen LogP contribution is -2.48. The Bertz CT molecular complexity index is 1380. The molecule has 2 aromatic heterocycles. The predicted octanol–water partition coefficient (Wildman–Crippen LogP) is 2.74. The van der Waals surface area contributed by atoms with Gasteiger partial charge in [-0.3, -0.25) is 19.0 Å². The second-order valence-electron chi connectivity index (χ2n) is 9.09. The Hall–Kier alpha value is -3.41. The largest absolute Gasteiger partial charge is 0.368 e. The van der Waals surface area contributed by atoms with Crippen LogP contribution in [-0.4, -0.2) is 76.4 Å². The molecule has 2 aliphatic rings. The van der Waals surface area contributed by atoms with E-state index in [9.17, 15) is 27.6 Å². The monoisotopic (exact) mass is 519 g/mol. The van der Waals surface area contributed by atoms with Crippen LogP contribution in [0.5, 0.6) is 0 Å². The molecule has 5 rings (SSSR count). The summed E-state index contributed by atoms with van der Waals surface area (Å²) in [6.45, 7) is 2.70. The Morgan fingerprint density at radius 2 is 1.75 bits per heavy atom. The highest BCUT2D eigenvalue weighted by atomic mass is 32.1. The number of thiophene rings is 1. The molecule has 36 heavy (non-hydrogen) atoms. The number of aromatic nitrogens is 2. The minimum atomic E-state index is -2.91. The van der Waals surface area contributed by atoms with Gasteiger partial charge < -0.3 is 14.7 Å². The third-order valence-corrected chi connectivity index (χ3v) is 7.89. The Labute approximate surface area is 208 Å². The molecule has 0 bridgehead atoms. The SMILES string of the molecule is Cc1c(C(=O)N2CCN(c3ccc(F)cc3)CC2)sc2ncn(CC(=O)N3CCC(F)(F)C3)c(=O)c12. The van der Waals surface area contributed by atoms with Crippen molar-refractivity contribution in [2.45, 2.75) is 25.8 Å². The Kier molecular flexibility index (Phi) is 6.23. The number of likely N-dealkylation sites (tertiary alicyclic amines) is 1. The van der Waals surface area contributed by atoms with Gasteiger partial charge in [-0.2, -0.15) is 0 Å². The molecule has 4 heterocycles. The van der Waals surface area contributed by atoms with Crippen LogP contribution in [0.15, 0.2) is 35.4 Å². The Morgan fingerprint density at radius 1 is 1.06 bits per heavy atom. The number of halogens is 3. The minimum absolute atomic E-state index is 0.0548. The number of fused-ring (bicyclic) bond motifs is 1. The summed E-state index contributed by atoms with van der Waals surface area (Å²) in [4.78, 5) is 48.8. The zero-order chi connectivity index (χ0) is 25.6. The van der Waals surface area contributed by atoms with Crippen molar-refractivity contribution in [3.8, 4) is 0 Å². The number of anilines is 1. The third kappa shape index (κ3) is 4.57. The first-order valence-electron chi connectivity index (χ1n) is 11.6. The first-order valence-corrected chi connectivity index (χ1v) is 12.4. The molecule has 0 unspecified atom stereocenters. The maximum atomic E-state index is 13.5. The summed E-state index contributed by atoms with van der Waals surface area (Å²) in [7, 11) is 0. The summed E-state index contributed by atoms with van der Waals surface area (Å²) in [5, 5.41) is 0.260. The van der Waals surface area contributed by atoms with Crippen LogP contribution in [-0.2, 0) is 11.3 Å². The summed E-state index contributed by atoms with van der Waals surface area (Å²) in [5.41, 5.74) is 0.902. The summed E-state index contributed by atoms with van der Waals surface area (Å²) < 4.78 is 41.2. The van der Waals surface area contributed by atoms with E-state index in [1.54, 1.807) is 24.0 Å². The van der Waals surface area contributed by atoms with Gasteiger partial charge in [0.15, 0.2) is 0 Å². The van der Waals surface area contributed by atoms with Gasteiger partial charge in [-0.1, -0.05) is 0 Å². The quantitative estimate of drug-likeness (QED) is 0.530. The van der Waals surface area contributed by atoms with E-state index in [1.807, 2.05) is 0 Å². The van der Waals surface area contributed by atoms with Gasteiger partial charge >= 0.3 is 0 Å². The van der Waals surface area contributed by atoms with Gasteiger partial charge in [0.25, 0.3) is 17.4 Å². The highest BCUT2D eigenvalue weighted by Gasteiger charge is 2.40. The number of carbonyl (C=O) groups is 2. The van der Waals surface area contributed by atoms with Crippen LogP contribution in [0.4, 0.5) is 18.9 Å². The van der Waals surface area contributed by atoms with Crippen molar-refractivity contribution in [3.05, 3.63) is 57.2 Å². The van der Waals surface area contributed by atoms with Gasteiger partial charge in [-0.05, 0) is 36.8 Å². The molecule has 0 saturated carbocycles. The predicted molar refractivity (Wildman–Crippen MR) is 129 cm³/mol. The van der Waals surface area contributed by atoms with Gasteiger partial charge in [0.1, 0.15) is 17.2 Å². The zero-order valence-electron chi connectivity index (χ0n) is 19.5. The lowest BCUT2D eigenvalue weighted by atomic mass is 10.2. The van der Waals surface area contributed by atoms with E-state index >= 15 is 0 Å². The Morgan fingerprint density at radius 3 is 2.39 bits per heavy atom. The lowest BCUT2D eigenvalue weighted by molar-refractivity contribution is -0.132. The molecule has 12 heteroatoms. The van der Waals surface area contributed by atoms with Crippen molar-refractivity contribution >= 4 is 39.1 Å². The number of benzene rings is 1. The molecule has 1 aromatic carbocycles. The number of rotatable bonds is 4. The summed E-state index contributed by atoms with van der Waals surface area (Å²) in [5.74, 6) is -3.98. The summed E-state index contributed by atoms with van der Waals surface area (Å²) in [6, 6.07) is 6.22. The third-order valence-electron chi connectivity index (χ3n) is 6.70. The molecule has 2 amide bonds. The molecule has 0 N–H and O–H groups in total. The molecule has 0 aliphatic carbocycles. The molecule has 0 spiro atoms. The van der Waals surface area contributed by atoms with E-state index in [0.717, 1.165) is 26.5 Å². The van der Waals surface area contributed by atoms with Gasteiger partial charge in [0.2, 0.25) is 5.91 Å². The normalized spacial score (nSPS) is 17.7. The van der Waals surface area contributed by atoms with E-state index in [2.05, 4.69) is 9.88 Å². The second-order valence-corrected chi connectivity index (χ2v) is 10.1. The van der Waals surface area contributed by atoms with Crippen LogP contribution in [0.2, 0.25) is 0 Å². The van der Waals surface area contributed by atoms with Gasteiger partial charge in [-0.25, -0.2) is 18.2 Å². The van der Waals surface area contributed by atoms with Crippen molar-refractivity contribution in [1.29, 1.82) is 0 Å². The minimum Gasteiger partial charge on any atom is -0.368 e. The fourth-order valence-corrected chi connectivity index (χ4v) is 5.74. The van der Waals surface area contributed by atoms with Crippen LogP contribution in [0, 0.1) is 12.7 Å². The van der Waals surface area contributed by atoms with E-state index < -0.39 is 30.4 Å². The smallest absolute Gasteiger partial charge is 0.267 e. The Balaban J connectivity index is 1.31. The van der Waals surface area contributed by atoms with Crippen LogP contribution in [0.1, 0.15) is 21.7 Å². The topological polar surface area (TPSA) is 78.8 Å². The molecule has 2 saturated heterocycles. The van der Waals surface area contributed by atoms with E-state index in [0.29, 0.717) is 41.5 Å². The first-order chi connectivity index (χ1) is 17.1. The summed E-state index contributed by atoms with van der Waals surface area (Å²) >= 11 is 1.13. The van der Waals surface area contributed by atoms with E-state index in [-0.39, 0.29) is 30.2 Å². The van der Waals surface area contributed by atoms with Crippen molar-refractivity contribution < 1.29 is 22.8 Å². The second kappa shape index (κ2) is 9.23. The molecule has 8 nitrogen and oxygen atoms in total. The van der Waals surface area contributed by atoms with E-state index in [4.69, 9.17) is 0 Å². The number of alkyl halides is 2. The average molecular weight is 520 g/mol. The molecule has 0 atom stereocenters. The van der Waals surface area contributed by atoms with Gasteiger partial charge in [-0.15, -0.1) is 11.3 Å². The van der Waals surface area contributed by atoms with Crippen molar-refractivity contribution in [2.75, 3.05) is 44.2 Å². The van der Waals surface area contributed by atoms with Gasteiger partial charge in [0, 0.05) is 44.8 Å². The van der Waals surface area contributed by atoms with Crippen molar-refractivity contribution in [3.63, 3.8) is 0 Å². The molecular formula is C24H24F3N5O3S. The van der Waals surface area contributed by atoms with Crippen LogP contribution in [0.3, 0.4) is 0 Å². The average Bonchev–Trinajstić information content (AvgIpc) is 3.40. The van der Waals surface area contributed by atoms with Crippen LogP contribution >= 0.6 is 11.3 Å². The molecule has 2 aliphatic heterocycles. The molecule has 190 valence electrons. The van der Waals surface area contributed by atoms with Crippen molar-refractivity contribution in [1.82, 2.24) is 19.4 Å². The number of carbonyl (C=O) groups excluding carboxylic acids is 2. The number of amides is 2. The maximum absolute atomic E-state index is 13.5.